The van der Waals surface area contributed by atoms with Crippen molar-refractivity contribution in [1.82, 2.24) is 10.2 Å². The molecule has 1 amide bonds. The van der Waals surface area contributed by atoms with E-state index in [0.29, 0.717) is 10.9 Å². The molecule has 30 heavy (non-hydrogen) atoms. The van der Waals surface area contributed by atoms with Gasteiger partial charge in [0.05, 0.1) is 5.41 Å². The van der Waals surface area contributed by atoms with Crippen LogP contribution in [0, 0.1) is 5.92 Å². The Morgan fingerprint density at radius 3 is 2.63 bits per heavy atom. The number of likely N-dealkylation sites (tertiary alicyclic amines) is 1. The number of carbonyl (C=O) groups is 2. The number of halogens is 1. The van der Waals surface area contributed by atoms with E-state index in [4.69, 9.17) is 11.6 Å². The molecule has 1 atom stereocenters. The highest BCUT2D eigenvalue weighted by Gasteiger charge is 2.51. The third-order valence-corrected chi connectivity index (χ3v) is 6.73. The standard InChI is InChI=1S/C25H29ClN2O2/c1-18(29)21-6-2-4-19(14-21)16-28-13-3-5-20(17-28)15-27-24(30)25(11-12-25)22-7-9-23(26)10-8-22/h2,4,6-10,14,20H,3,5,11-13,15-17H2,1H3,(H,27,30). The Balaban J connectivity index is 1.31. The van der Waals surface area contributed by atoms with Crippen LogP contribution < -0.4 is 5.32 Å². The van der Waals surface area contributed by atoms with Crippen LogP contribution >= 0.6 is 11.6 Å². The quantitative estimate of drug-likeness (QED) is 0.660. The van der Waals surface area contributed by atoms with Gasteiger partial charge in [-0.15, -0.1) is 0 Å². The predicted molar refractivity (Wildman–Crippen MR) is 120 cm³/mol. The Labute approximate surface area is 183 Å². The molecular weight excluding hydrogens is 396 g/mol. The predicted octanol–water partition coefficient (Wildman–Crippen LogP) is 4.60. The molecule has 1 saturated carbocycles. The maximum Gasteiger partial charge on any atom is 0.230 e. The van der Waals surface area contributed by atoms with Crippen LogP contribution in [0.15, 0.2) is 48.5 Å². The van der Waals surface area contributed by atoms with Crippen LogP contribution in [0.4, 0.5) is 0 Å². The normalized spacial score (nSPS) is 20.5. The number of Topliss-reactive ketones (excluding diaryl/α,β-unsaturated/α-hetero) is 1. The minimum atomic E-state index is -0.355. The van der Waals surface area contributed by atoms with E-state index in [0.717, 1.165) is 63.0 Å². The van der Waals surface area contributed by atoms with E-state index < -0.39 is 0 Å². The average molecular weight is 425 g/mol. The molecule has 2 aliphatic rings. The largest absolute Gasteiger partial charge is 0.355 e. The molecule has 5 heteroatoms. The highest BCUT2D eigenvalue weighted by molar-refractivity contribution is 6.30. The van der Waals surface area contributed by atoms with Crippen molar-refractivity contribution < 1.29 is 9.59 Å². The van der Waals surface area contributed by atoms with Gasteiger partial charge in [0.1, 0.15) is 0 Å². The van der Waals surface area contributed by atoms with Crippen LogP contribution in [0.3, 0.4) is 0 Å². The van der Waals surface area contributed by atoms with Crippen LogP contribution in [0.1, 0.15) is 54.1 Å². The summed E-state index contributed by atoms with van der Waals surface area (Å²) in [5.41, 5.74) is 2.66. The topological polar surface area (TPSA) is 49.4 Å². The SMILES string of the molecule is CC(=O)c1cccc(CN2CCCC(CNC(=O)C3(c4ccc(Cl)cc4)CC3)C2)c1. The summed E-state index contributed by atoms with van der Waals surface area (Å²) in [5.74, 6) is 0.710. The molecule has 0 spiro atoms. The lowest BCUT2D eigenvalue weighted by atomic mass is 9.93. The molecule has 0 radical (unpaired) electrons. The smallest absolute Gasteiger partial charge is 0.230 e. The lowest BCUT2D eigenvalue weighted by molar-refractivity contribution is -0.123. The minimum Gasteiger partial charge on any atom is -0.355 e. The van der Waals surface area contributed by atoms with Gasteiger partial charge in [-0.3, -0.25) is 14.5 Å². The fourth-order valence-corrected chi connectivity index (χ4v) is 4.68. The van der Waals surface area contributed by atoms with Crippen molar-refractivity contribution in [2.45, 2.75) is 44.6 Å². The van der Waals surface area contributed by atoms with Crippen molar-refractivity contribution in [2.75, 3.05) is 19.6 Å². The molecule has 1 unspecified atom stereocenters. The van der Waals surface area contributed by atoms with E-state index in [1.807, 2.05) is 42.5 Å². The van der Waals surface area contributed by atoms with Crippen molar-refractivity contribution in [3.05, 3.63) is 70.2 Å². The summed E-state index contributed by atoms with van der Waals surface area (Å²) in [6.07, 6.45) is 4.08. The number of hydrogen-bond donors (Lipinski definition) is 1. The lowest BCUT2D eigenvalue weighted by Crippen LogP contribution is -2.43. The van der Waals surface area contributed by atoms with E-state index in [-0.39, 0.29) is 17.1 Å². The summed E-state index contributed by atoms with van der Waals surface area (Å²) < 4.78 is 0. The van der Waals surface area contributed by atoms with Gasteiger partial charge in [-0.2, -0.15) is 0 Å². The van der Waals surface area contributed by atoms with Crippen LogP contribution in [-0.4, -0.2) is 36.2 Å². The van der Waals surface area contributed by atoms with Crippen molar-refractivity contribution in [1.29, 1.82) is 0 Å². The van der Waals surface area contributed by atoms with Gasteiger partial charge in [-0.1, -0.05) is 41.9 Å². The molecule has 158 valence electrons. The highest BCUT2D eigenvalue weighted by Crippen LogP contribution is 2.48. The van der Waals surface area contributed by atoms with Gasteiger partial charge in [-0.05, 0) is 74.4 Å². The number of ketones is 1. The van der Waals surface area contributed by atoms with Gasteiger partial charge in [0.15, 0.2) is 5.78 Å². The Morgan fingerprint density at radius 2 is 1.93 bits per heavy atom. The molecule has 2 fully saturated rings. The fourth-order valence-electron chi connectivity index (χ4n) is 4.56. The van der Waals surface area contributed by atoms with Gasteiger partial charge in [-0.25, -0.2) is 0 Å². The first-order valence-corrected chi connectivity index (χ1v) is 11.2. The summed E-state index contributed by atoms with van der Waals surface area (Å²) in [6, 6.07) is 15.6. The molecule has 1 heterocycles. The van der Waals surface area contributed by atoms with Crippen molar-refractivity contribution in [2.24, 2.45) is 5.92 Å². The first-order valence-electron chi connectivity index (χ1n) is 10.8. The van der Waals surface area contributed by atoms with E-state index >= 15 is 0 Å². The molecule has 0 bridgehead atoms. The summed E-state index contributed by atoms with van der Waals surface area (Å²) in [6.45, 7) is 5.20. The van der Waals surface area contributed by atoms with E-state index in [9.17, 15) is 9.59 Å². The zero-order chi connectivity index (χ0) is 21.1. The number of carbonyl (C=O) groups excluding carboxylic acids is 2. The van der Waals surface area contributed by atoms with Gasteiger partial charge < -0.3 is 5.32 Å². The summed E-state index contributed by atoms with van der Waals surface area (Å²) >= 11 is 6.00. The molecule has 2 aromatic rings. The van der Waals surface area contributed by atoms with Crippen LogP contribution in [0.2, 0.25) is 5.02 Å². The van der Waals surface area contributed by atoms with Crippen molar-refractivity contribution in [3.63, 3.8) is 0 Å². The number of benzene rings is 2. The second-order valence-corrected chi connectivity index (χ2v) is 9.24. The third-order valence-electron chi connectivity index (χ3n) is 6.48. The maximum absolute atomic E-state index is 12.9. The number of piperidine rings is 1. The summed E-state index contributed by atoms with van der Waals surface area (Å²) in [7, 11) is 0. The monoisotopic (exact) mass is 424 g/mol. The average Bonchev–Trinajstić information content (AvgIpc) is 3.55. The zero-order valence-corrected chi connectivity index (χ0v) is 18.3. The first kappa shape index (κ1) is 21.1. The Morgan fingerprint density at radius 1 is 1.17 bits per heavy atom. The van der Waals surface area contributed by atoms with Crippen molar-refractivity contribution >= 4 is 23.3 Å². The molecule has 1 saturated heterocycles. The van der Waals surface area contributed by atoms with Crippen LogP contribution in [0.25, 0.3) is 0 Å². The number of rotatable bonds is 7. The van der Waals surface area contributed by atoms with Crippen LogP contribution in [0.5, 0.6) is 0 Å². The summed E-state index contributed by atoms with van der Waals surface area (Å²) in [5, 5.41) is 3.93. The molecule has 1 N–H and O–H groups in total. The van der Waals surface area contributed by atoms with Crippen molar-refractivity contribution in [3.8, 4) is 0 Å². The zero-order valence-electron chi connectivity index (χ0n) is 17.5. The van der Waals surface area contributed by atoms with E-state index in [1.54, 1.807) is 6.92 Å². The fraction of sp³-hybridized carbons (Fsp3) is 0.440. The lowest BCUT2D eigenvalue weighted by Gasteiger charge is -2.33. The van der Waals surface area contributed by atoms with Gasteiger partial charge >= 0.3 is 0 Å². The van der Waals surface area contributed by atoms with Gasteiger partial charge in [0.25, 0.3) is 0 Å². The third kappa shape index (κ3) is 4.76. The Kier molecular flexibility index (Phi) is 6.26. The maximum atomic E-state index is 12.9. The van der Waals surface area contributed by atoms with Gasteiger partial charge in [0.2, 0.25) is 5.91 Å². The minimum absolute atomic E-state index is 0.103. The molecule has 4 rings (SSSR count). The Hall–Kier alpha value is -2.17. The molecule has 2 aromatic carbocycles. The number of nitrogens with zero attached hydrogens (tertiary/aromatic N) is 1. The molecular formula is C25H29ClN2O2. The molecule has 0 aromatic heterocycles. The number of nitrogens with one attached hydrogen (secondary N) is 1. The molecule has 1 aliphatic carbocycles. The number of amides is 1. The van der Waals surface area contributed by atoms with E-state index in [1.165, 1.54) is 5.56 Å². The first-order chi connectivity index (χ1) is 14.5. The summed E-state index contributed by atoms with van der Waals surface area (Å²) in [4.78, 5) is 27.0. The van der Waals surface area contributed by atoms with Crippen LogP contribution in [-0.2, 0) is 16.8 Å². The Bertz CT molecular complexity index is 921. The second-order valence-electron chi connectivity index (χ2n) is 8.80. The molecule has 1 aliphatic heterocycles. The van der Waals surface area contributed by atoms with E-state index in [2.05, 4.69) is 16.3 Å². The molecule has 4 nitrogen and oxygen atoms in total. The number of hydrogen-bond acceptors (Lipinski definition) is 3. The van der Waals surface area contributed by atoms with Gasteiger partial charge in [0, 0.05) is 30.2 Å². The highest BCUT2D eigenvalue weighted by atomic mass is 35.5. The second kappa shape index (κ2) is 8.91.